The van der Waals surface area contributed by atoms with Crippen LogP contribution in [0.4, 0.5) is 4.39 Å². The van der Waals surface area contributed by atoms with Gasteiger partial charge in [0.25, 0.3) is 0 Å². The molecule has 2 aliphatic rings. The van der Waals surface area contributed by atoms with Crippen LogP contribution < -0.4 is 10.1 Å². The lowest BCUT2D eigenvalue weighted by Gasteiger charge is -2.24. The van der Waals surface area contributed by atoms with Crippen LogP contribution in [0.2, 0.25) is 0 Å². The average molecular weight is 251 g/mol. The van der Waals surface area contributed by atoms with E-state index < -0.39 is 0 Å². The molecule has 1 heterocycles. The van der Waals surface area contributed by atoms with Crippen LogP contribution in [-0.4, -0.2) is 32.4 Å². The van der Waals surface area contributed by atoms with Gasteiger partial charge in [-0.25, -0.2) is 4.39 Å². The molecule has 1 fully saturated rings. The SMILES string of the molecule is Fc1ccc(OC[C@@H]2CNCCO2)c2c1CCC2. The fourth-order valence-electron chi connectivity index (χ4n) is 2.67. The van der Waals surface area contributed by atoms with Gasteiger partial charge in [0.2, 0.25) is 0 Å². The molecule has 18 heavy (non-hydrogen) atoms. The van der Waals surface area contributed by atoms with Gasteiger partial charge in [-0.2, -0.15) is 0 Å². The molecule has 98 valence electrons. The van der Waals surface area contributed by atoms with E-state index in [4.69, 9.17) is 9.47 Å². The number of nitrogens with one attached hydrogen (secondary N) is 1. The summed E-state index contributed by atoms with van der Waals surface area (Å²) in [6, 6.07) is 3.26. The molecule has 3 nitrogen and oxygen atoms in total. The Morgan fingerprint density at radius 1 is 1.33 bits per heavy atom. The molecule has 1 atom stereocenters. The molecule has 0 aromatic heterocycles. The summed E-state index contributed by atoms with van der Waals surface area (Å²) in [4.78, 5) is 0. The predicted molar refractivity (Wildman–Crippen MR) is 66.5 cm³/mol. The van der Waals surface area contributed by atoms with Crippen molar-refractivity contribution in [3.8, 4) is 5.75 Å². The average Bonchev–Trinajstić information content (AvgIpc) is 2.90. The van der Waals surface area contributed by atoms with Gasteiger partial charge in [-0.1, -0.05) is 0 Å². The van der Waals surface area contributed by atoms with Gasteiger partial charge in [0.05, 0.1) is 6.61 Å². The van der Waals surface area contributed by atoms with Gasteiger partial charge in [0, 0.05) is 18.7 Å². The first-order chi connectivity index (χ1) is 8.84. The Balaban J connectivity index is 1.67. The number of fused-ring (bicyclic) bond motifs is 1. The van der Waals surface area contributed by atoms with Gasteiger partial charge >= 0.3 is 0 Å². The first-order valence-electron chi connectivity index (χ1n) is 6.60. The largest absolute Gasteiger partial charge is 0.491 e. The van der Waals surface area contributed by atoms with E-state index >= 15 is 0 Å². The molecule has 4 heteroatoms. The minimum absolute atomic E-state index is 0.0922. The minimum atomic E-state index is -0.0922. The second-order valence-electron chi connectivity index (χ2n) is 4.86. The lowest BCUT2D eigenvalue weighted by atomic mass is 10.1. The maximum Gasteiger partial charge on any atom is 0.126 e. The molecule has 1 aliphatic carbocycles. The number of halogens is 1. The quantitative estimate of drug-likeness (QED) is 0.886. The van der Waals surface area contributed by atoms with E-state index in [0.29, 0.717) is 6.61 Å². The van der Waals surface area contributed by atoms with Crippen LogP contribution in [0.25, 0.3) is 0 Å². The van der Waals surface area contributed by atoms with Gasteiger partial charge in [-0.05, 0) is 37.0 Å². The van der Waals surface area contributed by atoms with Crippen molar-refractivity contribution in [3.05, 3.63) is 29.1 Å². The van der Waals surface area contributed by atoms with E-state index in [-0.39, 0.29) is 11.9 Å². The van der Waals surface area contributed by atoms with E-state index in [0.717, 1.165) is 55.8 Å². The van der Waals surface area contributed by atoms with E-state index in [1.54, 1.807) is 6.07 Å². The summed E-state index contributed by atoms with van der Waals surface area (Å²) in [7, 11) is 0. The lowest BCUT2D eigenvalue weighted by molar-refractivity contribution is 0.0000137. The van der Waals surface area contributed by atoms with Crippen molar-refractivity contribution in [3.63, 3.8) is 0 Å². The van der Waals surface area contributed by atoms with E-state index in [1.165, 1.54) is 6.07 Å². The van der Waals surface area contributed by atoms with Crippen LogP contribution in [-0.2, 0) is 17.6 Å². The summed E-state index contributed by atoms with van der Waals surface area (Å²) >= 11 is 0. The molecule has 1 aliphatic heterocycles. The number of benzene rings is 1. The highest BCUT2D eigenvalue weighted by Gasteiger charge is 2.21. The minimum Gasteiger partial charge on any atom is -0.491 e. The van der Waals surface area contributed by atoms with Gasteiger partial charge in [-0.15, -0.1) is 0 Å². The molecule has 0 radical (unpaired) electrons. The highest BCUT2D eigenvalue weighted by molar-refractivity contribution is 5.43. The Bertz CT molecular complexity index is 430. The van der Waals surface area contributed by atoms with Crippen molar-refractivity contribution in [1.82, 2.24) is 5.32 Å². The monoisotopic (exact) mass is 251 g/mol. The third-order valence-electron chi connectivity index (χ3n) is 3.61. The van der Waals surface area contributed by atoms with Crippen molar-refractivity contribution in [2.45, 2.75) is 25.4 Å². The third-order valence-corrected chi connectivity index (χ3v) is 3.61. The van der Waals surface area contributed by atoms with Crippen molar-refractivity contribution in [2.75, 3.05) is 26.3 Å². The zero-order valence-corrected chi connectivity index (χ0v) is 10.4. The van der Waals surface area contributed by atoms with Gasteiger partial charge in [0.15, 0.2) is 0 Å². The van der Waals surface area contributed by atoms with Crippen LogP contribution >= 0.6 is 0 Å². The summed E-state index contributed by atoms with van der Waals surface area (Å²) in [5.41, 5.74) is 1.90. The summed E-state index contributed by atoms with van der Waals surface area (Å²) in [6.07, 6.45) is 2.88. The molecule has 0 bridgehead atoms. The lowest BCUT2D eigenvalue weighted by Crippen LogP contribution is -2.41. The Morgan fingerprint density at radius 3 is 3.06 bits per heavy atom. The summed E-state index contributed by atoms with van der Waals surface area (Å²) in [6.45, 7) is 2.99. The number of ether oxygens (including phenoxy) is 2. The highest BCUT2D eigenvalue weighted by Crippen LogP contribution is 2.32. The van der Waals surface area contributed by atoms with Crippen LogP contribution in [0.5, 0.6) is 5.75 Å². The van der Waals surface area contributed by atoms with Crippen LogP contribution in [0.3, 0.4) is 0 Å². The summed E-state index contributed by atoms with van der Waals surface area (Å²) in [5.74, 6) is 0.739. The Labute approximate surface area is 106 Å². The molecule has 1 N–H and O–H groups in total. The van der Waals surface area contributed by atoms with Crippen molar-refractivity contribution < 1.29 is 13.9 Å². The van der Waals surface area contributed by atoms with E-state index in [9.17, 15) is 4.39 Å². The smallest absolute Gasteiger partial charge is 0.126 e. The van der Waals surface area contributed by atoms with Gasteiger partial charge < -0.3 is 14.8 Å². The maximum atomic E-state index is 13.6. The van der Waals surface area contributed by atoms with Crippen LogP contribution in [0, 0.1) is 5.82 Å². The second-order valence-corrected chi connectivity index (χ2v) is 4.86. The van der Waals surface area contributed by atoms with Gasteiger partial charge in [-0.3, -0.25) is 0 Å². The Hall–Kier alpha value is -1.13. The fraction of sp³-hybridized carbons (Fsp3) is 0.571. The first kappa shape index (κ1) is 11.9. The molecule has 0 spiro atoms. The first-order valence-corrected chi connectivity index (χ1v) is 6.60. The topological polar surface area (TPSA) is 30.5 Å². The standard InChI is InChI=1S/C14H18FNO2/c15-13-4-5-14(12-3-1-2-11(12)13)18-9-10-8-16-6-7-17-10/h4-5,10,16H,1-3,6-9H2/t10-/m0/s1. The zero-order valence-electron chi connectivity index (χ0n) is 10.4. The van der Waals surface area contributed by atoms with Crippen LogP contribution in [0.15, 0.2) is 12.1 Å². The zero-order chi connectivity index (χ0) is 12.4. The van der Waals surface area contributed by atoms with E-state index in [2.05, 4.69) is 5.32 Å². The van der Waals surface area contributed by atoms with Crippen molar-refractivity contribution in [1.29, 1.82) is 0 Å². The van der Waals surface area contributed by atoms with Crippen molar-refractivity contribution in [2.24, 2.45) is 0 Å². The fourth-order valence-corrected chi connectivity index (χ4v) is 2.67. The Kier molecular flexibility index (Phi) is 3.48. The summed E-state index contributed by atoms with van der Waals surface area (Å²) in [5, 5.41) is 3.27. The highest BCUT2D eigenvalue weighted by atomic mass is 19.1. The molecule has 3 rings (SSSR count). The number of hydrogen-bond acceptors (Lipinski definition) is 3. The Morgan fingerprint density at radius 2 is 2.22 bits per heavy atom. The number of morpholine rings is 1. The van der Waals surface area contributed by atoms with Crippen LogP contribution in [0.1, 0.15) is 17.5 Å². The number of rotatable bonds is 3. The molecular formula is C14H18FNO2. The summed E-state index contributed by atoms with van der Waals surface area (Å²) < 4.78 is 25.0. The molecular weight excluding hydrogens is 233 g/mol. The molecule has 0 amide bonds. The van der Waals surface area contributed by atoms with Gasteiger partial charge in [0.1, 0.15) is 24.3 Å². The normalized spacial score (nSPS) is 22.8. The molecule has 0 unspecified atom stereocenters. The predicted octanol–water partition coefficient (Wildman–Crippen LogP) is 1.68. The molecule has 1 saturated heterocycles. The van der Waals surface area contributed by atoms with E-state index in [1.807, 2.05) is 0 Å². The third kappa shape index (κ3) is 2.35. The molecule has 0 saturated carbocycles. The number of hydrogen-bond donors (Lipinski definition) is 1. The molecule has 1 aromatic rings. The van der Waals surface area contributed by atoms with Crippen molar-refractivity contribution >= 4 is 0 Å². The maximum absolute atomic E-state index is 13.6. The molecule has 1 aromatic carbocycles. The second kappa shape index (κ2) is 5.24.